The van der Waals surface area contributed by atoms with Crippen LogP contribution in [0.2, 0.25) is 12.1 Å². The molecule has 2 rings (SSSR count). The second kappa shape index (κ2) is 5.83. The topological polar surface area (TPSA) is 0 Å². The van der Waals surface area contributed by atoms with Gasteiger partial charge in [0, 0.05) is 0 Å². The molecule has 2 aromatic rings. The average molecular weight is 252 g/mol. The fourth-order valence-corrected chi connectivity index (χ4v) is 6.78. The molecule has 0 bridgehead atoms. The molecule has 2 aromatic carbocycles. The summed E-state index contributed by atoms with van der Waals surface area (Å²) in [6.07, 6.45) is 2.09. The third kappa shape index (κ3) is 2.32. The lowest BCUT2D eigenvalue weighted by atomic mass is 10.4. The van der Waals surface area contributed by atoms with Crippen LogP contribution in [0.3, 0.4) is 0 Å². The van der Waals surface area contributed by atoms with Gasteiger partial charge in [0.1, 0.15) is 8.07 Å². The van der Waals surface area contributed by atoms with Gasteiger partial charge in [-0.2, -0.15) is 0 Å². The molecule has 0 saturated carbocycles. The normalized spacial score (nSPS) is 11.2. The van der Waals surface area contributed by atoms with Crippen molar-refractivity contribution in [3.05, 3.63) is 73.3 Å². The van der Waals surface area contributed by atoms with E-state index < -0.39 is 8.07 Å². The minimum Gasteiger partial charge on any atom is -0.103 e. The molecule has 0 amide bonds. The molecule has 0 spiro atoms. The zero-order valence-electron chi connectivity index (χ0n) is 11.0. The minimum atomic E-state index is -1.64. The molecule has 0 radical (unpaired) electrons. The van der Waals surface area contributed by atoms with Crippen molar-refractivity contribution in [2.24, 2.45) is 0 Å². The van der Waals surface area contributed by atoms with Crippen LogP contribution < -0.4 is 10.4 Å². The van der Waals surface area contributed by atoms with Crippen LogP contribution in [0.1, 0.15) is 6.92 Å². The molecule has 0 fully saturated rings. The third-order valence-electron chi connectivity index (χ3n) is 3.75. The van der Waals surface area contributed by atoms with Crippen molar-refractivity contribution in [2.45, 2.75) is 19.0 Å². The van der Waals surface area contributed by atoms with Gasteiger partial charge in [-0.05, 0) is 6.04 Å². The molecule has 0 unspecified atom stereocenters. The SMILES string of the molecule is C=CC[Si](CC)(c1ccccc1)c1ccccc1. The Bertz CT molecular complexity index is 448. The first kappa shape index (κ1) is 12.8. The highest BCUT2D eigenvalue weighted by Crippen LogP contribution is 2.16. The summed E-state index contributed by atoms with van der Waals surface area (Å²) in [5.74, 6) is 0. The second-order valence-electron chi connectivity index (χ2n) is 4.66. The first-order valence-electron chi connectivity index (χ1n) is 6.55. The predicted molar refractivity (Wildman–Crippen MR) is 83.4 cm³/mol. The van der Waals surface area contributed by atoms with Gasteiger partial charge >= 0.3 is 0 Å². The summed E-state index contributed by atoms with van der Waals surface area (Å²) in [6.45, 7) is 6.29. The summed E-state index contributed by atoms with van der Waals surface area (Å²) in [7, 11) is -1.64. The van der Waals surface area contributed by atoms with Crippen molar-refractivity contribution in [2.75, 3.05) is 0 Å². The molecule has 1 heteroatoms. The number of hydrogen-bond donors (Lipinski definition) is 0. The van der Waals surface area contributed by atoms with E-state index in [1.54, 1.807) is 0 Å². The summed E-state index contributed by atoms with van der Waals surface area (Å²) in [6, 6.07) is 24.3. The van der Waals surface area contributed by atoms with Crippen molar-refractivity contribution >= 4 is 18.4 Å². The summed E-state index contributed by atoms with van der Waals surface area (Å²) in [5, 5.41) is 3.03. The Labute approximate surface area is 111 Å². The predicted octanol–water partition coefficient (Wildman–Crippen LogP) is 3.46. The Hall–Kier alpha value is -1.60. The molecule has 0 nitrogen and oxygen atoms in total. The fourth-order valence-electron chi connectivity index (χ4n) is 2.72. The molecule has 0 N–H and O–H groups in total. The molecular formula is C17H20Si. The van der Waals surface area contributed by atoms with Gasteiger partial charge in [0.15, 0.2) is 0 Å². The largest absolute Gasteiger partial charge is 0.121 e. The molecule has 92 valence electrons. The summed E-state index contributed by atoms with van der Waals surface area (Å²) in [5.41, 5.74) is 0. The van der Waals surface area contributed by atoms with Crippen LogP contribution in [0.25, 0.3) is 0 Å². The van der Waals surface area contributed by atoms with Crippen LogP contribution in [-0.2, 0) is 0 Å². The van der Waals surface area contributed by atoms with Crippen molar-refractivity contribution in [3.8, 4) is 0 Å². The number of rotatable bonds is 5. The first-order chi connectivity index (χ1) is 8.83. The van der Waals surface area contributed by atoms with Crippen LogP contribution >= 0.6 is 0 Å². The number of benzene rings is 2. The fraction of sp³-hybridized carbons (Fsp3) is 0.176. The zero-order chi connectivity index (χ0) is 12.8. The Balaban J connectivity index is 2.57. The molecule has 0 aliphatic carbocycles. The van der Waals surface area contributed by atoms with Crippen LogP contribution in [0.15, 0.2) is 73.3 Å². The van der Waals surface area contributed by atoms with Gasteiger partial charge in [-0.15, -0.1) is 6.58 Å². The molecule has 0 aromatic heterocycles. The highest BCUT2D eigenvalue weighted by molar-refractivity contribution is 7.02. The van der Waals surface area contributed by atoms with Crippen molar-refractivity contribution in [1.82, 2.24) is 0 Å². The van der Waals surface area contributed by atoms with Gasteiger partial charge in [-0.25, -0.2) is 0 Å². The van der Waals surface area contributed by atoms with Crippen LogP contribution in [-0.4, -0.2) is 8.07 Å². The average Bonchev–Trinajstić information content (AvgIpc) is 2.47. The molecule has 0 heterocycles. The first-order valence-corrected chi connectivity index (χ1v) is 8.97. The number of hydrogen-bond acceptors (Lipinski definition) is 0. The van der Waals surface area contributed by atoms with Crippen LogP contribution in [0.5, 0.6) is 0 Å². The van der Waals surface area contributed by atoms with Gasteiger partial charge in [-0.1, -0.05) is 90.1 Å². The smallest absolute Gasteiger partial charge is 0.103 e. The quantitative estimate of drug-likeness (QED) is 0.565. The standard InChI is InChI=1S/C17H20Si/c1-3-15-18(4-2,16-11-7-5-8-12-16)17-13-9-6-10-14-17/h3,5-14H,1,4,15H2,2H3. The lowest BCUT2D eigenvalue weighted by molar-refractivity contribution is 1.35. The monoisotopic (exact) mass is 252 g/mol. The molecular weight excluding hydrogens is 232 g/mol. The Kier molecular flexibility index (Phi) is 4.16. The van der Waals surface area contributed by atoms with Gasteiger partial charge in [0.05, 0.1) is 0 Å². The maximum atomic E-state index is 3.98. The Morgan fingerprint density at radius 2 is 1.33 bits per heavy atom. The van der Waals surface area contributed by atoms with Gasteiger partial charge in [-0.3, -0.25) is 0 Å². The van der Waals surface area contributed by atoms with E-state index >= 15 is 0 Å². The van der Waals surface area contributed by atoms with E-state index in [0.29, 0.717) is 0 Å². The van der Waals surface area contributed by atoms with Gasteiger partial charge in [0.2, 0.25) is 0 Å². The van der Waals surface area contributed by atoms with E-state index in [9.17, 15) is 0 Å². The van der Waals surface area contributed by atoms with Gasteiger partial charge < -0.3 is 0 Å². The summed E-state index contributed by atoms with van der Waals surface area (Å²) < 4.78 is 0. The third-order valence-corrected chi connectivity index (χ3v) is 8.82. The van der Waals surface area contributed by atoms with E-state index in [1.165, 1.54) is 16.4 Å². The maximum Gasteiger partial charge on any atom is 0.121 e. The van der Waals surface area contributed by atoms with E-state index in [0.717, 1.165) is 6.04 Å². The van der Waals surface area contributed by atoms with Crippen LogP contribution in [0, 0.1) is 0 Å². The highest BCUT2D eigenvalue weighted by Gasteiger charge is 2.33. The van der Waals surface area contributed by atoms with E-state index in [1.807, 2.05) is 0 Å². The Morgan fingerprint density at radius 1 is 0.889 bits per heavy atom. The molecule has 18 heavy (non-hydrogen) atoms. The highest BCUT2D eigenvalue weighted by atomic mass is 28.3. The minimum absolute atomic E-state index is 1.11. The van der Waals surface area contributed by atoms with E-state index in [2.05, 4.69) is 80.2 Å². The molecule has 0 aliphatic rings. The van der Waals surface area contributed by atoms with Crippen molar-refractivity contribution < 1.29 is 0 Å². The molecule has 0 saturated heterocycles. The summed E-state index contributed by atoms with van der Waals surface area (Å²) >= 11 is 0. The van der Waals surface area contributed by atoms with Gasteiger partial charge in [0.25, 0.3) is 0 Å². The van der Waals surface area contributed by atoms with Crippen LogP contribution in [0.4, 0.5) is 0 Å². The zero-order valence-corrected chi connectivity index (χ0v) is 12.0. The maximum absolute atomic E-state index is 3.98. The van der Waals surface area contributed by atoms with E-state index in [4.69, 9.17) is 0 Å². The molecule has 0 atom stereocenters. The Morgan fingerprint density at radius 3 is 1.67 bits per heavy atom. The lowest BCUT2D eigenvalue weighted by Crippen LogP contribution is -2.57. The number of allylic oxidation sites excluding steroid dienone is 1. The summed E-state index contributed by atoms with van der Waals surface area (Å²) in [4.78, 5) is 0. The van der Waals surface area contributed by atoms with E-state index in [-0.39, 0.29) is 0 Å². The lowest BCUT2D eigenvalue weighted by Gasteiger charge is -2.30. The van der Waals surface area contributed by atoms with Crippen molar-refractivity contribution in [1.29, 1.82) is 0 Å². The molecule has 0 aliphatic heterocycles. The second-order valence-corrected chi connectivity index (χ2v) is 9.09. The van der Waals surface area contributed by atoms with Crippen molar-refractivity contribution in [3.63, 3.8) is 0 Å².